The fraction of sp³-hybridized carbons (Fsp3) is 0.611. The van der Waals surface area contributed by atoms with Crippen molar-refractivity contribution in [3.8, 4) is 0 Å². The van der Waals surface area contributed by atoms with Crippen LogP contribution >= 0.6 is 11.8 Å². The standard InChI is InChI=1S/C18H24N2OS/c1-19-11-8-13(9-12-19)17-15-6-4-10-20(15)18(21)14-5-2-3-7-16(14)22-17/h2-3,5,7,13,15,17H,4,6,8-12H2,1H3. The molecule has 4 rings (SSSR count). The lowest BCUT2D eigenvalue weighted by atomic mass is 9.89. The van der Waals surface area contributed by atoms with Gasteiger partial charge in [-0.15, -0.1) is 11.8 Å². The minimum Gasteiger partial charge on any atom is -0.334 e. The first-order valence-corrected chi connectivity index (χ1v) is 9.37. The van der Waals surface area contributed by atoms with Gasteiger partial charge >= 0.3 is 0 Å². The molecule has 2 saturated heterocycles. The SMILES string of the molecule is CN1CCC(C2Sc3ccccc3C(=O)N3CCCC23)CC1. The van der Waals surface area contributed by atoms with Crippen molar-refractivity contribution in [3.05, 3.63) is 29.8 Å². The van der Waals surface area contributed by atoms with Gasteiger partial charge in [-0.2, -0.15) is 0 Å². The molecule has 1 aromatic rings. The molecule has 3 aliphatic heterocycles. The van der Waals surface area contributed by atoms with Crippen molar-refractivity contribution in [1.82, 2.24) is 9.80 Å². The first kappa shape index (κ1) is 14.6. The van der Waals surface area contributed by atoms with Gasteiger partial charge in [0.05, 0.1) is 5.56 Å². The van der Waals surface area contributed by atoms with Gasteiger partial charge in [0.1, 0.15) is 0 Å². The molecule has 0 radical (unpaired) electrons. The van der Waals surface area contributed by atoms with Gasteiger partial charge in [0.15, 0.2) is 0 Å². The van der Waals surface area contributed by atoms with Crippen LogP contribution in [-0.2, 0) is 0 Å². The summed E-state index contributed by atoms with van der Waals surface area (Å²) in [7, 11) is 2.22. The maximum absolute atomic E-state index is 12.9. The topological polar surface area (TPSA) is 23.6 Å². The number of likely N-dealkylation sites (tertiary alicyclic amines) is 1. The Kier molecular flexibility index (Phi) is 3.91. The lowest BCUT2D eigenvalue weighted by Crippen LogP contribution is -2.45. The Bertz CT molecular complexity index is 568. The minimum atomic E-state index is 0.265. The van der Waals surface area contributed by atoms with Gasteiger partial charge < -0.3 is 9.80 Å². The molecule has 3 aliphatic rings. The molecule has 4 heteroatoms. The van der Waals surface area contributed by atoms with Gasteiger partial charge in [-0.05, 0) is 63.9 Å². The van der Waals surface area contributed by atoms with Crippen LogP contribution in [0.25, 0.3) is 0 Å². The number of rotatable bonds is 1. The second-order valence-corrected chi connectivity index (χ2v) is 8.15. The van der Waals surface area contributed by atoms with Crippen molar-refractivity contribution < 1.29 is 4.79 Å². The van der Waals surface area contributed by atoms with Gasteiger partial charge in [0.2, 0.25) is 0 Å². The number of piperidine rings is 1. The molecule has 2 fully saturated rings. The summed E-state index contributed by atoms with van der Waals surface area (Å²) in [5.41, 5.74) is 0.926. The van der Waals surface area contributed by atoms with Crippen LogP contribution in [0.1, 0.15) is 36.0 Å². The molecular weight excluding hydrogens is 292 g/mol. The highest BCUT2D eigenvalue weighted by molar-refractivity contribution is 8.00. The average molecular weight is 316 g/mol. The second kappa shape index (κ2) is 5.89. The fourth-order valence-corrected chi connectivity index (χ4v) is 5.92. The van der Waals surface area contributed by atoms with E-state index < -0.39 is 0 Å². The van der Waals surface area contributed by atoms with E-state index in [0.29, 0.717) is 11.3 Å². The van der Waals surface area contributed by atoms with Crippen molar-refractivity contribution in [1.29, 1.82) is 0 Å². The zero-order valence-corrected chi connectivity index (χ0v) is 14.0. The van der Waals surface area contributed by atoms with Crippen LogP contribution in [0.5, 0.6) is 0 Å². The van der Waals surface area contributed by atoms with Crippen molar-refractivity contribution >= 4 is 17.7 Å². The van der Waals surface area contributed by atoms with Crippen molar-refractivity contribution in [3.63, 3.8) is 0 Å². The molecule has 22 heavy (non-hydrogen) atoms. The van der Waals surface area contributed by atoms with E-state index in [1.165, 1.54) is 43.7 Å². The molecular formula is C18H24N2OS. The number of fused-ring (bicyclic) bond motifs is 2. The number of hydrogen-bond donors (Lipinski definition) is 0. The number of hydrogen-bond acceptors (Lipinski definition) is 3. The van der Waals surface area contributed by atoms with Crippen molar-refractivity contribution in [2.75, 3.05) is 26.7 Å². The lowest BCUT2D eigenvalue weighted by molar-refractivity contribution is 0.0713. The van der Waals surface area contributed by atoms with E-state index in [1.807, 2.05) is 23.9 Å². The third-order valence-electron chi connectivity index (χ3n) is 5.55. The Hall–Kier alpha value is -1.00. The summed E-state index contributed by atoms with van der Waals surface area (Å²) >= 11 is 1.98. The third kappa shape index (κ3) is 2.46. The molecule has 1 aromatic carbocycles. The first-order chi connectivity index (χ1) is 10.7. The van der Waals surface area contributed by atoms with Crippen molar-refractivity contribution in [2.45, 2.75) is 41.9 Å². The monoisotopic (exact) mass is 316 g/mol. The zero-order valence-electron chi connectivity index (χ0n) is 13.2. The maximum atomic E-state index is 12.9. The highest BCUT2D eigenvalue weighted by atomic mass is 32.2. The summed E-state index contributed by atoms with van der Waals surface area (Å²) in [6, 6.07) is 8.66. The molecule has 0 spiro atoms. The van der Waals surface area contributed by atoms with E-state index in [1.54, 1.807) is 0 Å². The second-order valence-electron chi connectivity index (χ2n) is 6.93. The minimum absolute atomic E-state index is 0.265. The Morgan fingerprint density at radius 3 is 2.68 bits per heavy atom. The molecule has 3 heterocycles. The molecule has 118 valence electrons. The number of carbonyl (C=O) groups excluding carboxylic acids is 1. The Balaban J connectivity index is 1.67. The first-order valence-electron chi connectivity index (χ1n) is 8.49. The van der Waals surface area contributed by atoms with Gasteiger partial charge in [0, 0.05) is 22.7 Å². The van der Waals surface area contributed by atoms with E-state index in [0.717, 1.165) is 18.0 Å². The Morgan fingerprint density at radius 1 is 1.09 bits per heavy atom. The summed E-state index contributed by atoms with van der Waals surface area (Å²) in [4.78, 5) is 18.7. The Labute approximate surface area is 137 Å². The van der Waals surface area contributed by atoms with E-state index in [-0.39, 0.29) is 5.91 Å². The molecule has 0 bridgehead atoms. The maximum Gasteiger partial charge on any atom is 0.255 e. The van der Waals surface area contributed by atoms with Crippen LogP contribution in [0, 0.1) is 5.92 Å². The van der Waals surface area contributed by atoms with Crippen LogP contribution in [0.4, 0.5) is 0 Å². The van der Waals surface area contributed by atoms with Crippen LogP contribution in [0.2, 0.25) is 0 Å². The fourth-order valence-electron chi connectivity index (χ4n) is 4.28. The van der Waals surface area contributed by atoms with E-state index >= 15 is 0 Å². The molecule has 0 aliphatic carbocycles. The molecule has 2 unspecified atom stereocenters. The van der Waals surface area contributed by atoms with Gasteiger partial charge in [-0.25, -0.2) is 0 Å². The summed E-state index contributed by atoms with van der Waals surface area (Å²) in [6.07, 6.45) is 4.90. The van der Waals surface area contributed by atoms with Crippen LogP contribution in [-0.4, -0.2) is 53.7 Å². The number of carbonyl (C=O) groups is 1. The number of benzene rings is 1. The zero-order chi connectivity index (χ0) is 15.1. The molecule has 2 atom stereocenters. The summed E-state index contributed by atoms with van der Waals surface area (Å²) < 4.78 is 0. The van der Waals surface area contributed by atoms with Crippen LogP contribution < -0.4 is 0 Å². The lowest BCUT2D eigenvalue weighted by Gasteiger charge is -2.38. The van der Waals surface area contributed by atoms with Gasteiger partial charge in [-0.3, -0.25) is 4.79 Å². The molecule has 0 saturated carbocycles. The highest BCUT2D eigenvalue weighted by Gasteiger charge is 2.42. The normalized spacial score (nSPS) is 30.0. The van der Waals surface area contributed by atoms with Gasteiger partial charge in [0.25, 0.3) is 5.91 Å². The molecule has 1 amide bonds. The summed E-state index contributed by atoms with van der Waals surface area (Å²) in [5.74, 6) is 1.01. The van der Waals surface area contributed by atoms with E-state index in [9.17, 15) is 4.79 Å². The van der Waals surface area contributed by atoms with E-state index in [4.69, 9.17) is 0 Å². The van der Waals surface area contributed by atoms with E-state index in [2.05, 4.69) is 29.0 Å². The predicted molar refractivity (Wildman–Crippen MR) is 90.4 cm³/mol. The quantitative estimate of drug-likeness (QED) is 0.795. The van der Waals surface area contributed by atoms with Gasteiger partial charge in [-0.1, -0.05) is 12.1 Å². The third-order valence-corrected chi connectivity index (χ3v) is 7.13. The summed E-state index contributed by atoms with van der Waals surface area (Å²) in [5, 5.41) is 0.573. The Morgan fingerprint density at radius 2 is 1.86 bits per heavy atom. The molecule has 0 aromatic heterocycles. The average Bonchev–Trinajstić information content (AvgIpc) is 2.99. The molecule has 0 N–H and O–H groups in total. The van der Waals surface area contributed by atoms with Crippen LogP contribution in [0.3, 0.4) is 0 Å². The number of nitrogens with zero attached hydrogens (tertiary/aromatic N) is 2. The predicted octanol–water partition coefficient (Wildman–Crippen LogP) is 3.11. The number of amides is 1. The van der Waals surface area contributed by atoms with Crippen molar-refractivity contribution in [2.24, 2.45) is 5.92 Å². The number of thioether (sulfide) groups is 1. The largest absolute Gasteiger partial charge is 0.334 e. The van der Waals surface area contributed by atoms with Crippen LogP contribution in [0.15, 0.2) is 29.2 Å². The highest BCUT2D eigenvalue weighted by Crippen LogP contribution is 2.44. The summed E-state index contributed by atoms with van der Waals surface area (Å²) in [6.45, 7) is 3.34. The smallest absolute Gasteiger partial charge is 0.255 e. The molecule has 3 nitrogen and oxygen atoms in total.